The molecule has 0 aromatic carbocycles. The van der Waals surface area contributed by atoms with Gasteiger partial charge in [-0.2, -0.15) is 0 Å². The molecular formula is C11H15ClN4O. The van der Waals surface area contributed by atoms with Crippen molar-refractivity contribution in [2.45, 2.75) is 20.3 Å². The molecule has 0 atom stereocenters. The van der Waals surface area contributed by atoms with E-state index < -0.39 is 0 Å². The van der Waals surface area contributed by atoms with Crippen molar-refractivity contribution in [2.24, 2.45) is 0 Å². The number of rotatable bonds is 1. The molecule has 1 aromatic heterocycles. The summed E-state index contributed by atoms with van der Waals surface area (Å²) in [5.74, 6) is 0.742. The van der Waals surface area contributed by atoms with E-state index in [4.69, 9.17) is 11.6 Å². The molecule has 5 nitrogen and oxygen atoms in total. The van der Waals surface area contributed by atoms with Gasteiger partial charge in [0.2, 0.25) is 5.91 Å². The fourth-order valence-electron chi connectivity index (χ4n) is 1.74. The number of aromatic nitrogens is 2. The lowest BCUT2D eigenvalue weighted by molar-refractivity contribution is -0.120. The number of amides is 1. The van der Waals surface area contributed by atoms with Crippen LogP contribution in [0.4, 0.5) is 5.82 Å². The molecule has 1 aromatic rings. The molecule has 1 N–H and O–H groups in total. The van der Waals surface area contributed by atoms with Crippen molar-refractivity contribution in [1.29, 1.82) is 0 Å². The van der Waals surface area contributed by atoms with Gasteiger partial charge in [-0.3, -0.25) is 4.79 Å². The average Bonchev–Trinajstić information content (AvgIpc) is 2.49. The van der Waals surface area contributed by atoms with Crippen molar-refractivity contribution >= 4 is 23.3 Å². The second-order valence-corrected chi connectivity index (χ2v) is 4.45. The summed E-state index contributed by atoms with van der Waals surface area (Å²) in [5.41, 5.74) is 1.70. The third kappa shape index (κ3) is 2.66. The van der Waals surface area contributed by atoms with Crippen molar-refractivity contribution in [3.8, 4) is 0 Å². The minimum Gasteiger partial charge on any atom is -0.354 e. The van der Waals surface area contributed by atoms with Crippen molar-refractivity contribution in [2.75, 3.05) is 24.5 Å². The highest BCUT2D eigenvalue weighted by atomic mass is 35.5. The van der Waals surface area contributed by atoms with Gasteiger partial charge in [0.05, 0.1) is 11.4 Å². The lowest BCUT2D eigenvalue weighted by Crippen LogP contribution is -2.29. The fourth-order valence-corrected chi connectivity index (χ4v) is 2.03. The molecule has 17 heavy (non-hydrogen) atoms. The molecule has 1 aliphatic heterocycles. The zero-order chi connectivity index (χ0) is 12.4. The van der Waals surface area contributed by atoms with Crippen LogP contribution >= 0.6 is 11.6 Å². The van der Waals surface area contributed by atoms with E-state index in [2.05, 4.69) is 15.3 Å². The van der Waals surface area contributed by atoms with Gasteiger partial charge in [-0.1, -0.05) is 11.6 Å². The molecule has 0 spiro atoms. The Bertz CT molecular complexity index is 449. The summed E-state index contributed by atoms with van der Waals surface area (Å²) in [6.45, 7) is 5.74. The maximum absolute atomic E-state index is 11.3. The van der Waals surface area contributed by atoms with Crippen LogP contribution in [0.5, 0.6) is 0 Å². The summed E-state index contributed by atoms with van der Waals surface area (Å²) in [6.07, 6.45) is 0.463. The van der Waals surface area contributed by atoms with E-state index in [9.17, 15) is 4.79 Å². The topological polar surface area (TPSA) is 58.1 Å². The van der Waals surface area contributed by atoms with Gasteiger partial charge in [0.15, 0.2) is 11.0 Å². The molecule has 2 heterocycles. The number of aryl methyl sites for hydroxylation is 2. The van der Waals surface area contributed by atoms with Crippen LogP contribution in [0.15, 0.2) is 0 Å². The predicted octanol–water partition coefficient (Wildman–Crippen LogP) is 1.07. The Labute approximate surface area is 105 Å². The van der Waals surface area contributed by atoms with Gasteiger partial charge in [0.1, 0.15) is 0 Å². The molecule has 1 amide bonds. The van der Waals surface area contributed by atoms with E-state index in [1.165, 1.54) is 0 Å². The first kappa shape index (κ1) is 12.1. The Morgan fingerprint density at radius 3 is 2.71 bits per heavy atom. The maximum Gasteiger partial charge on any atom is 0.221 e. The van der Waals surface area contributed by atoms with Gasteiger partial charge in [0.25, 0.3) is 0 Å². The number of halogens is 1. The molecule has 0 saturated carbocycles. The van der Waals surface area contributed by atoms with Gasteiger partial charge < -0.3 is 10.2 Å². The number of hydrogen-bond acceptors (Lipinski definition) is 4. The first-order valence-corrected chi connectivity index (χ1v) is 5.98. The summed E-state index contributed by atoms with van der Waals surface area (Å²) in [6, 6.07) is 0. The van der Waals surface area contributed by atoms with Crippen LogP contribution in [-0.4, -0.2) is 35.5 Å². The van der Waals surface area contributed by atoms with Gasteiger partial charge in [-0.15, -0.1) is 0 Å². The zero-order valence-corrected chi connectivity index (χ0v) is 10.7. The van der Waals surface area contributed by atoms with Crippen LogP contribution in [-0.2, 0) is 4.79 Å². The number of carbonyl (C=O) groups is 1. The summed E-state index contributed by atoms with van der Waals surface area (Å²) < 4.78 is 0. The molecule has 0 radical (unpaired) electrons. The largest absolute Gasteiger partial charge is 0.354 e. The molecule has 92 valence electrons. The summed E-state index contributed by atoms with van der Waals surface area (Å²) in [7, 11) is 0. The maximum atomic E-state index is 11.3. The third-order valence-corrected chi connectivity index (χ3v) is 3.11. The van der Waals surface area contributed by atoms with E-state index in [0.717, 1.165) is 11.4 Å². The van der Waals surface area contributed by atoms with Crippen molar-refractivity contribution in [1.82, 2.24) is 15.3 Å². The Balaban J connectivity index is 2.27. The monoisotopic (exact) mass is 254 g/mol. The van der Waals surface area contributed by atoms with Gasteiger partial charge in [-0.25, -0.2) is 9.97 Å². The molecule has 1 fully saturated rings. The predicted molar refractivity (Wildman–Crippen MR) is 66.4 cm³/mol. The summed E-state index contributed by atoms with van der Waals surface area (Å²) in [4.78, 5) is 22.0. The number of anilines is 1. The highest BCUT2D eigenvalue weighted by Gasteiger charge is 2.18. The first-order chi connectivity index (χ1) is 8.08. The number of nitrogens with one attached hydrogen (secondary N) is 1. The standard InChI is InChI=1S/C11H15ClN4O/c1-7-8(2)15-11(10(12)14-7)16-5-3-9(17)13-4-6-16/h3-6H2,1-2H3,(H,13,17). The Morgan fingerprint density at radius 1 is 1.24 bits per heavy atom. The van der Waals surface area contributed by atoms with Crippen molar-refractivity contribution in [3.05, 3.63) is 16.5 Å². The van der Waals surface area contributed by atoms with E-state index in [1.807, 2.05) is 18.7 Å². The van der Waals surface area contributed by atoms with Gasteiger partial charge in [-0.05, 0) is 13.8 Å². The highest BCUT2D eigenvalue weighted by molar-refractivity contribution is 6.31. The van der Waals surface area contributed by atoms with E-state index in [0.29, 0.717) is 37.0 Å². The Morgan fingerprint density at radius 2 is 1.94 bits per heavy atom. The molecular weight excluding hydrogens is 240 g/mol. The molecule has 0 bridgehead atoms. The molecule has 0 aliphatic carbocycles. The van der Waals surface area contributed by atoms with Crippen molar-refractivity contribution in [3.63, 3.8) is 0 Å². The van der Waals surface area contributed by atoms with Gasteiger partial charge >= 0.3 is 0 Å². The molecule has 1 saturated heterocycles. The minimum absolute atomic E-state index is 0.0698. The van der Waals surface area contributed by atoms with Crippen LogP contribution in [0, 0.1) is 13.8 Å². The molecule has 1 aliphatic rings. The lowest BCUT2D eigenvalue weighted by atomic mass is 10.3. The second kappa shape index (κ2) is 4.87. The molecule has 6 heteroatoms. The quantitative estimate of drug-likeness (QED) is 0.815. The highest BCUT2D eigenvalue weighted by Crippen LogP contribution is 2.23. The average molecular weight is 255 g/mol. The second-order valence-electron chi connectivity index (χ2n) is 4.10. The minimum atomic E-state index is 0.0698. The first-order valence-electron chi connectivity index (χ1n) is 5.60. The van der Waals surface area contributed by atoms with Crippen LogP contribution < -0.4 is 10.2 Å². The molecule has 2 rings (SSSR count). The SMILES string of the molecule is Cc1nc(Cl)c(N2CCNC(=O)CC2)nc1C. The van der Waals surface area contributed by atoms with E-state index >= 15 is 0 Å². The zero-order valence-electron chi connectivity index (χ0n) is 9.96. The smallest absolute Gasteiger partial charge is 0.221 e. The Kier molecular flexibility index (Phi) is 3.47. The fraction of sp³-hybridized carbons (Fsp3) is 0.545. The lowest BCUT2D eigenvalue weighted by Gasteiger charge is -2.21. The van der Waals surface area contributed by atoms with E-state index in [-0.39, 0.29) is 5.91 Å². The Hall–Kier alpha value is -1.36. The number of nitrogens with zero attached hydrogens (tertiary/aromatic N) is 3. The van der Waals surface area contributed by atoms with Gasteiger partial charge in [0, 0.05) is 26.1 Å². The number of carbonyl (C=O) groups excluding carboxylic acids is 1. The van der Waals surface area contributed by atoms with Crippen LogP contribution in [0.2, 0.25) is 5.15 Å². The van der Waals surface area contributed by atoms with Crippen LogP contribution in [0.3, 0.4) is 0 Å². The van der Waals surface area contributed by atoms with Crippen LogP contribution in [0.25, 0.3) is 0 Å². The third-order valence-electron chi connectivity index (χ3n) is 2.86. The van der Waals surface area contributed by atoms with Crippen molar-refractivity contribution < 1.29 is 4.79 Å². The normalized spacial score (nSPS) is 16.6. The summed E-state index contributed by atoms with van der Waals surface area (Å²) >= 11 is 6.10. The van der Waals surface area contributed by atoms with E-state index in [1.54, 1.807) is 0 Å². The van der Waals surface area contributed by atoms with Crippen LogP contribution in [0.1, 0.15) is 17.8 Å². The number of hydrogen-bond donors (Lipinski definition) is 1. The molecule has 0 unspecified atom stereocenters. The summed E-state index contributed by atoms with van der Waals surface area (Å²) in [5, 5.41) is 3.22.